The van der Waals surface area contributed by atoms with Crippen LogP contribution >= 0.6 is 0 Å². The van der Waals surface area contributed by atoms with Gasteiger partial charge in [-0.2, -0.15) is 0 Å². The van der Waals surface area contributed by atoms with Gasteiger partial charge in [0.05, 0.1) is 19.1 Å². The summed E-state index contributed by atoms with van der Waals surface area (Å²) in [4.78, 5) is 28.3. The van der Waals surface area contributed by atoms with Gasteiger partial charge in [-0.25, -0.2) is 8.42 Å². The van der Waals surface area contributed by atoms with Crippen molar-refractivity contribution in [3.8, 4) is 5.75 Å². The Labute approximate surface area is 214 Å². The van der Waals surface area contributed by atoms with Crippen molar-refractivity contribution in [3.63, 3.8) is 0 Å². The van der Waals surface area contributed by atoms with Crippen molar-refractivity contribution < 1.29 is 22.7 Å². The fourth-order valence-electron chi connectivity index (χ4n) is 4.45. The van der Waals surface area contributed by atoms with Crippen LogP contribution in [0.4, 0.5) is 5.69 Å². The number of nitrogens with zero attached hydrogens (tertiary/aromatic N) is 2. The number of ether oxygens (including phenoxy) is 1. The van der Waals surface area contributed by atoms with Crippen LogP contribution in [0, 0.1) is 13.8 Å². The fraction of sp³-hybridized carbons (Fsp3) is 0.481. The predicted molar refractivity (Wildman–Crippen MR) is 142 cm³/mol. The average Bonchev–Trinajstić information content (AvgIpc) is 3.33. The molecule has 1 fully saturated rings. The van der Waals surface area contributed by atoms with Gasteiger partial charge in [-0.3, -0.25) is 13.9 Å². The third kappa shape index (κ3) is 7.00. The van der Waals surface area contributed by atoms with Crippen molar-refractivity contribution in [3.05, 3.63) is 59.2 Å². The molecule has 0 saturated heterocycles. The summed E-state index contributed by atoms with van der Waals surface area (Å²) in [7, 11) is -2.38. The average molecular weight is 516 g/mol. The highest BCUT2D eigenvalue weighted by Crippen LogP contribution is 2.31. The molecule has 1 atom stereocenters. The third-order valence-corrected chi connectivity index (χ3v) is 7.75. The summed E-state index contributed by atoms with van der Waals surface area (Å²) in [6, 6.07) is 12.2. The first-order valence-corrected chi connectivity index (χ1v) is 14.1. The molecule has 0 radical (unpaired) electrons. The van der Waals surface area contributed by atoms with Gasteiger partial charge in [0.15, 0.2) is 0 Å². The van der Waals surface area contributed by atoms with Crippen molar-refractivity contribution in [1.82, 2.24) is 10.2 Å². The van der Waals surface area contributed by atoms with Gasteiger partial charge < -0.3 is 15.0 Å². The molecule has 9 heteroatoms. The Balaban J connectivity index is 1.92. The second-order valence-electron chi connectivity index (χ2n) is 9.62. The molecule has 0 aliphatic heterocycles. The highest BCUT2D eigenvalue weighted by atomic mass is 32.2. The van der Waals surface area contributed by atoms with E-state index in [9.17, 15) is 18.0 Å². The highest BCUT2D eigenvalue weighted by molar-refractivity contribution is 7.92. The van der Waals surface area contributed by atoms with Gasteiger partial charge in [0.25, 0.3) is 0 Å². The van der Waals surface area contributed by atoms with Gasteiger partial charge >= 0.3 is 0 Å². The maximum absolute atomic E-state index is 13.7. The van der Waals surface area contributed by atoms with E-state index in [2.05, 4.69) is 5.32 Å². The van der Waals surface area contributed by atoms with Crippen LogP contribution in [-0.4, -0.2) is 57.1 Å². The van der Waals surface area contributed by atoms with Gasteiger partial charge in [-0.1, -0.05) is 48.7 Å². The monoisotopic (exact) mass is 515 g/mol. The molecule has 1 unspecified atom stereocenters. The number of nitrogens with one attached hydrogen (secondary N) is 1. The molecule has 1 aliphatic rings. The molecule has 36 heavy (non-hydrogen) atoms. The Hall–Kier alpha value is -3.07. The van der Waals surface area contributed by atoms with E-state index >= 15 is 0 Å². The zero-order valence-electron chi connectivity index (χ0n) is 21.8. The largest absolute Gasteiger partial charge is 0.495 e. The molecule has 196 valence electrons. The number of methoxy groups -OCH3 is 1. The van der Waals surface area contributed by atoms with E-state index in [1.54, 1.807) is 19.1 Å². The number of aryl methyl sites for hydroxylation is 2. The van der Waals surface area contributed by atoms with Crippen LogP contribution in [0.1, 0.15) is 49.3 Å². The maximum Gasteiger partial charge on any atom is 0.244 e. The second-order valence-corrected chi connectivity index (χ2v) is 11.5. The van der Waals surface area contributed by atoms with Crippen LogP contribution in [0.3, 0.4) is 0 Å². The van der Waals surface area contributed by atoms with Crippen LogP contribution in [0.25, 0.3) is 0 Å². The molecule has 0 spiro atoms. The quantitative estimate of drug-likeness (QED) is 0.522. The SMILES string of the molecule is COc1ccc(C)cc1N(CC(=O)N(Cc1ccc(C)cc1)C(C)C(=O)NC1CCCC1)S(C)(=O)=O. The maximum atomic E-state index is 13.7. The topological polar surface area (TPSA) is 96.0 Å². The number of rotatable bonds is 10. The Morgan fingerprint density at radius 1 is 1.06 bits per heavy atom. The molecule has 0 heterocycles. The molecular formula is C27H37N3O5S. The van der Waals surface area contributed by atoms with Crippen molar-refractivity contribution in [2.45, 2.75) is 65.1 Å². The molecule has 0 bridgehead atoms. The van der Waals surface area contributed by atoms with E-state index in [-0.39, 0.29) is 24.2 Å². The number of carbonyl (C=O) groups excluding carboxylic acids is 2. The van der Waals surface area contributed by atoms with Gasteiger partial charge in [-0.15, -0.1) is 0 Å². The molecule has 1 N–H and O–H groups in total. The zero-order valence-corrected chi connectivity index (χ0v) is 22.6. The Kier molecular flexibility index (Phi) is 9.00. The number of sulfonamides is 1. The molecule has 8 nitrogen and oxygen atoms in total. The summed E-state index contributed by atoms with van der Waals surface area (Å²) in [5.74, 6) is -0.365. The van der Waals surface area contributed by atoms with Crippen LogP contribution in [0.2, 0.25) is 0 Å². The predicted octanol–water partition coefficient (Wildman–Crippen LogP) is 3.55. The molecule has 2 amide bonds. The summed E-state index contributed by atoms with van der Waals surface area (Å²) in [6.45, 7) is 5.23. The molecule has 1 aliphatic carbocycles. The highest BCUT2D eigenvalue weighted by Gasteiger charge is 2.32. The Morgan fingerprint density at radius 3 is 2.25 bits per heavy atom. The number of hydrogen-bond acceptors (Lipinski definition) is 5. The van der Waals surface area contributed by atoms with Crippen molar-refractivity contribution in [2.75, 3.05) is 24.2 Å². The lowest BCUT2D eigenvalue weighted by molar-refractivity contribution is -0.139. The minimum Gasteiger partial charge on any atom is -0.495 e. The van der Waals surface area contributed by atoms with Gasteiger partial charge in [0.1, 0.15) is 18.3 Å². The van der Waals surface area contributed by atoms with Crippen molar-refractivity contribution in [2.24, 2.45) is 0 Å². The fourth-order valence-corrected chi connectivity index (χ4v) is 5.30. The van der Waals surface area contributed by atoms with Crippen molar-refractivity contribution >= 4 is 27.5 Å². The lowest BCUT2D eigenvalue weighted by atomic mass is 10.1. The summed E-state index contributed by atoms with van der Waals surface area (Å²) in [5.41, 5.74) is 3.05. The van der Waals surface area contributed by atoms with E-state index < -0.39 is 28.5 Å². The summed E-state index contributed by atoms with van der Waals surface area (Å²) in [5, 5.41) is 3.07. The van der Waals surface area contributed by atoms with E-state index in [4.69, 9.17) is 4.74 Å². The molecule has 2 aromatic carbocycles. The first kappa shape index (κ1) is 27.5. The van der Waals surface area contributed by atoms with Crippen LogP contribution in [-0.2, 0) is 26.2 Å². The van der Waals surface area contributed by atoms with Gasteiger partial charge in [0.2, 0.25) is 21.8 Å². The standard InChI is InChI=1S/C27H37N3O5S/c1-19-10-13-22(14-11-19)17-29(21(3)27(32)28-23-8-6-7-9-23)26(31)18-30(36(5,33)34)24-16-20(2)12-15-25(24)35-4/h10-16,21,23H,6-9,17-18H2,1-5H3,(H,28,32). The third-order valence-electron chi connectivity index (χ3n) is 6.62. The molecule has 0 aromatic heterocycles. The van der Waals surface area contributed by atoms with E-state index in [0.717, 1.165) is 52.9 Å². The number of amides is 2. The van der Waals surface area contributed by atoms with E-state index in [1.807, 2.05) is 44.2 Å². The number of benzene rings is 2. The summed E-state index contributed by atoms with van der Waals surface area (Å²) >= 11 is 0. The first-order valence-electron chi connectivity index (χ1n) is 12.3. The zero-order chi connectivity index (χ0) is 26.5. The molecule has 3 rings (SSSR count). The number of anilines is 1. The van der Waals surface area contributed by atoms with Gasteiger partial charge in [-0.05, 0) is 56.9 Å². The minimum absolute atomic E-state index is 0.111. The first-order chi connectivity index (χ1) is 17.0. The van der Waals surface area contributed by atoms with E-state index in [1.165, 1.54) is 12.0 Å². The van der Waals surface area contributed by atoms with Crippen LogP contribution in [0.5, 0.6) is 5.75 Å². The smallest absolute Gasteiger partial charge is 0.244 e. The van der Waals surface area contributed by atoms with Gasteiger partial charge in [0, 0.05) is 12.6 Å². The molecular weight excluding hydrogens is 478 g/mol. The lowest BCUT2D eigenvalue weighted by Gasteiger charge is -2.32. The number of carbonyl (C=O) groups is 2. The number of hydrogen-bond donors (Lipinski definition) is 1. The minimum atomic E-state index is -3.83. The lowest BCUT2D eigenvalue weighted by Crippen LogP contribution is -2.52. The second kappa shape index (κ2) is 11.8. The molecule has 2 aromatic rings. The molecule has 1 saturated carbocycles. The normalized spacial score (nSPS) is 14.8. The van der Waals surface area contributed by atoms with Crippen LogP contribution < -0.4 is 14.4 Å². The Morgan fingerprint density at radius 2 is 1.67 bits per heavy atom. The van der Waals surface area contributed by atoms with Crippen LogP contribution in [0.15, 0.2) is 42.5 Å². The summed E-state index contributed by atoms with van der Waals surface area (Å²) < 4.78 is 32.1. The summed E-state index contributed by atoms with van der Waals surface area (Å²) in [6.07, 6.45) is 5.07. The van der Waals surface area contributed by atoms with Crippen molar-refractivity contribution in [1.29, 1.82) is 0 Å². The van der Waals surface area contributed by atoms with E-state index in [0.29, 0.717) is 5.75 Å². The Bertz CT molecular complexity index is 1170.